The van der Waals surface area contributed by atoms with Gasteiger partial charge in [-0.25, -0.2) is 9.36 Å². The van der Waals surface area contributed by atoms with Gasteiger partial charge in [0.1, 0.15) is 12.1 Å². The summed E-state index contributed by atoms with van der Waals surface area (Å²) in [5.41, 5.74) is 1.77. The number of carbonyl (C=O) groups excluding carboxylic acids is 1. The molecule has 0 bridgehead atoms. The highest BCUT2D eigenvalue weighted by atomic mass is 35.5. The van der Waals surface area contributed by atoms with Crippen LogP contribution in [0.1, 0.15) is 29.9 Å². The zero-order chi connectivity index (χ0) is 20.4. The fourth-order valence-electron chi connectivity index (χ4n) is 2.73. The third-order valence-corrected chi connectivity index (χ3v) is 4.38. The first kappa shape index (κ1) is 19.3. The van der Waals surface area contributed by atoms with Crippen LogP contribution in [-0.4, -0.2) is 25.5 Å². The zero-order valence-corrected chi connectivity index (χ0v) is 16.2. The molecule has 0 aliphatic heterocycles. The summed E-state index contributed by atoms with van der Waals surface area (Å²) in [6.07, 6.45) is 0. The number of aryl methyl sites for hydroxylation is 2. The second kappa shape index (κ2) is 7.66. The molecule has 1 N–H and O–H groups in total. The molecule has 0 aliphatic carbocycles. The van der Waals surface area contributed by atoms with Gasteiger partial charge < -0.3 is 5.32 Å². The highest BCUT2D eigenvalue weighted by Crippen LogP contribution is 2.21. The lowest BCUT2D eigenvalue weighted by atomic mass is 10.2. The molecular formula is C19H17ClN6O2. The van der Waals surface area contributed by atoms with Gasteiger partial charge in [0.15, 0.2) is 5.82 Å². The molecular weight excluding hydrogens is 380 g/mol. The molecule has 8 nitrogen and oxygen atoms in total. The van der Waals surface area contributed by atoms with Crippen LogP contribution in [-0.2, 0) is 4.79 Å². The monoisotopic (exact) mass is 396 g/mol. The van der Waals surface area contributed by atoms with E-state index < -0.39 is 17.5 Å². The Kier molecular flexibility index (Phi) is 5.29. The number of carbonyl (C=O) groups is 1. The summed E-state index contributed by atoms with van der Waals surface area (Å²) in [5, 5.41) is 20.8. The lowest BCUT2D eigenvalue weighted by molar-refractivity contribution is -0.119. The first-order valence-corrected chi connectivity index (χ1v) is 8.82. The van der Waals surface area contributed by atoms with Gasteiger partial charge in [0, 0.05) is 16.8 Å². The van der Waals surface area contributed by atoms with Crippen molar-refractivity contribution in [2.24, 2.45) is 0 Å². The SMILES string of the molecule is Cc1cc(C)n(-c2ccc(=O)n(C(C)C(=O)Nc3cc(Cl)ccc3C#N)n2)n1. The van der Waals surface area contributed by atoms with Crippen molar-refractivity contribution in [1.29, 1.82) is 5.26 Å². The molecule has 0 spiro atoms. The van der Waals surface area contributed by atoms with E-state index in [-0.39, 0.29) is 11.3 Å². The van der Waals surface area contributed by atoms with Crippen LogP contribution in [0.15, 0.2) is 41.2 Å². The Balaban J connectivity index is 1.93. The molecule has 2 heterocycles. The normalized spacial score (nSPS) is 11.7. The molecule has 0 radical (unpaired) electrons. The molecule has 1 atom stereocenters. The van der Waals surface area contributed by atoms with Gasteiger partial charge in [0.2, 0.25) is 5.91 Å². The summed E-state index contributed by atoms with van der Waals surface area (Å²) in [7, 11) is 0. The Bertz CT molecular complexity index is 1160. The van der Waals surface area contributed by atoms with E-state index in [0.717, 1.165) is 16.1 Å². The molecule has 1 unspecified atom stereocenters. The second-order valence-corrected chi connectivity index (χ2v) is 6.72. The summed E-state index contributed by atoms with van der Waals surface area (Å²) < 4.78 is 2.68. The van der Waals surface area contributed by atoms with Gasteiger partial charge in [-0.1, -0.05) is 11.6 Å². The van der Waals surface area contributed by atoms with Crippen molar-refractivity contribution >= 4 is 23.2 Å². The molecule has 28 heavy (non-hydrogen) atoms. The second-order valence-electron chi connectivity index (χ2n) is 6.28. The standard InChI is InChI=1S/C19H17ClN6O2/c1-11-8-12(2)25(23-11)17-6-7-18(27)26(24-17)13(3)19(28)22-16-9-15(20)5-4-14(16)10-21/h4-9,13H,1-3H3,(H,22,28). The molecule has 0 aliphatic rings. The van der Waals surface area contributed by atoms with Gasteiger partial charge in [0.05, 0.1) is 16.9 Å². The van der Waals surface area contributed by atoms with Crippen LogP contribution < -0.4 is 10.9 Å². The molecule has 0 saturated heterocycles. The van der Waals surface area contributed by atoms with Gasteiger partial charge in [-0.2, -0.15) is 10.4 Å². The van der Waals surface area contributed by atoms with Crippen molar-refractivity contribution in [3.05, 3.63) is 68.7 Å². The number of hydrogen-bond acceptors (Lipinski definition) is 5. The highest BCUT2D eigenvalue weighted by molar-refractivity contribution is 6.31. The van der Waals surface area contributed by atoms with Crippen LogP contribution in [0.3, 0.4) is 0 Å². The topological polar surface area (TPSA) is 106 Å². The fourth-order valence-corrected chi connectivity index (χ4v) is 2.90. The first-order valence-electron chi connectivity index (χ1n) is 8.44. The number of nitriles is 1. The molecule has 142 valence electrons. The van der Waals surface area contributed by atoms with Crippen LogP contribution >= 0.6 is 11.6 Å². The molecule has 0 fully saturated rings. The quantitative estimate of drug-likeness (QED) is 0.729. The zero-order valence-electron chi connectivity index (χ0n) is 15.5. The fraction of sp³-hybridized carbons (Fsp3) is 0.211. The molecule has 3 rings (SSSR count). The minimum Gasteiger partial charge on any atom is -0.323 e. The van der Waals surface area contributed by atoms with Gasteiger partial charge in [0.25, 0.3) is 5.56 Å². The van der Waals surface area contributed by atoms with E-state index in [1.807, 2.05) is 26.0 Å². The first-order chi connectivity index (χ1) is 13.3. The summed E-state index contributed by atoms with van der Waals surface area (Å²) in [6.45, 7) is 5.27. The van der Waals surface area contributed by atoms with E-state index in [4.69, 9.17) is 11.6 Å². The van der Waals surface area contributed by atoms with E-state index in [2.05, 4.69) is 15.5 Å². The van der Waals surface area contributed by atoms with Crippen LogP contribution in [0.25, 0.3) is 5.82 Å². The van der Waals surface area contributed by atoms with E-state index in [1.54, 1.807) is 23.7 Å². The van der Waals surface area contributed by atoms with Crippen molar-refractivity contribution < 1.29 is 4.79 Å². The predicted octanol–water partition coefficient (Wildman–Crippen LogP) is 2.77. The average Bonchev–Trinajstić information content (AvgIpc) is 3.00. The number of rotatable bonds is 4. The summed E-state index contributed by atoms with van der Waals surface area (Å²) >= 11 is 5.95. The number of anilines is 1. The number of aromatic nitrogens is 4. The minimum absolute atomic E-state index is 0.265. The Hall–Kier alpha value is -3.44. The lowest BCUT2D eigenvalue weighted by Crippen LogP contribution is -2.34. The third kappa shape index (κ3) is 3.80. The van der Waals surface area contributed by atoms with Crippen molar-refractivity contribution in [3.8, 4) is 11.9 Å². The van der Waals surface area contributed by atoms with Crippen molar-refractivity contribution in [1.82, 2.24) is 19.6 Å². The molecule has 2 aromatic heterocycles. The summed E-state index contributed by atoms with van der Waals surface area (Å²) in [6, 6.07) is 10.4. The van der Waals surface area contributed by atoms with Gasteiger partial charge >= 0.3 is 0 Å². The third-order valence-electron chi connectivity index (χ3n) is 4.14. The number of hydrogen-bond donors (Lipinski definition) is 1. The van der Waals surface area contributed by atoms with Crippen LogP contribution in [0.2, 0.25) is 5.02 Å². The maximum atomic E-state index is 12.7. The van der Waals surface area contributed by atoms with Crippen molar-refractivity contribution in [2.45, 2.75) is 26.8 Å². The van der Waals surface area contributed by atoms with Crippen LogP contribution in [0, 0.1) is 25.2 Å². The number of halogens is 1. The molecule has 1 amide bonds. The van der Waals surface area contributed by atoms with Crippen molar-refractivity contribution in [3.63, 3.8) is 0 Å². The Labute approximate surface area is 166 Å². The number of amides is 1. The maximum Gasteiger partial charge on any atom is 0.267 e. The molecule has 0 saturated carbocycles. The van der Waals surface area contributed by atoms with E-state index >= 15 is 0 Å². The maximum absolute atomic E-state index is 12.7. The van der Waals surface area contributed by atoms with E-state index in [9.17, 15) is 14.9 Å². The molecule has 9 heteroatoms. The van der Waals surface area contributed by atoms with Crippen LogP contribution in [0.4, 0.5) is 5.69 Å². The largest absolute Gasteiger partial charge is 0.323 e. The average molecular weight is 397 g/mol. The number of benzene rings is 1. The van der Waals surface area contributed by atoms with Crippen LogP contribution in [0.5, 0.6) is 0 Å². The van der Waals surface area contributed by atoms with Gasteiger partial charge in [-0.05, 0) is 51.1 Å². The Morgan fingerprint density at radius 3 is 2.61 bits per heavy atom. The number of nitrogens with one attached hydrogen (secondary N) is 1. The minimum atomic E-state index is -0.921. The smallest absolute Gasteiger partial charge is 0.267 e. The summed E-state index contributed by atoms with van der Waals surface area (Å²) in [4.78, 5) is 25.0. The predicted molar refractivity (Wildman–Crippen MR) is 105 cm³/mol. The lowest BCUT2D eigenvalue weighted by Gasteiger charge is -2.16. The molecule has 3 aromatic rings. The van der Waals surface area contributed by atoms with E-state index in [0.29, 0.717) is 10.8 Å². The van der Waals surface area contributed by atoms with Crippen molar-refractivity contribution in [2.75, 3.05) is 5.32 Å². The van der Waals surface area contributed by atoms with Gasteiger partial charge in [-0.15, -0.1) is 5.10 Å². The highest BCUT2D eigenvalue weighted by Gasteiger charge is 2.20. The summed E-state index contributed by atoms with van der Waals surface area (Å²) in [5.74, 6) is -0.0794. The molecule has 1 aromatic carbocycles. The Morgan fingerprint density at radius 1 is 1.21 bits per heavy atom. The number of nitrogens with zero attached hydrogens (tertiary/aromatic N) is 5. The van der Waals surface area contributed by atoms with Gasteiger partial charge in [-0.3, -0.25) is 9.59 Å². The van der Waals surface area contributed by atoms with E-state index in [1.165, 1.54) is 18.2 Å². The Morgan fingerprint density at radius 2 is 1.96 bits per heavy atom.